The summed E-state index contributed by atoms with van der Waals surface area (Å²) < 4.78 is 3.00. The lowest BCUT2D eigenvalue weighted by atomic mass is 9.77. The SMILES string of the molecule is CC1(O)CC(NC(=O)Cn2nc(CC3CCC3)n3nc(C4CC4)cc3c2=O)C1. The van der Waals surface area contributed by atoms with Gasteiger partial charge in [-0.2, -0.15) is 10.2 Å². The summed E-state index contributed by atoms with van der Waals surface area (Å²) in [6, 6.07) is 1.84. The Bertz CT molecular complexity index is 976. The molecule has 28 heavy (non-hydrogen) atoms. The van der Waals surface area contributed by atoms with Crippen molar-refractivity contribution in [3.8, 4) is 0 Å². The summed E-state index contributed by atoms with van der Waals surface area (Å²) in [5.41, 5.74) is 0.518. The molecule has 3 saturated carbocycles. The van der Waals surface area contributed by atoms with Crippen LogP contribution in [0.1, 0.15) is 69.3 Å². The van der Waals surface area contributed by atoms with Crippen molar-refractivity contribution in [3.05, 3.63) is 27.9 Å². The smallest absolute Gasteiger partial charge is 0.293 e. The van der Waals surface area contributed by atoms with E-state index in [9.17, 15) is 14.7 Å². The summed E-state index contributed by atoms with van der Waals surface area (Å²) in [5, 5.41) is 21.9. The first-order valence-corrected chi connectivity index (χ1v) is 10.4. The molecular weight excluding hydrogens is 358 g/mol. The van der Waals surface area contributed by atoms with Gasteiger partial charge >= 0.3 is 0 Å². The molecule has 2 heterocycles. The van der Waals surface area contributed by atoms with E-state index in [1.807, 2.05) is 6.07 Å². The van der Waals surface area contributed by atoms with Gasteiger partial charge in [-0.25, -0.2) is 9.20 Å². The molecule has 0 atom stereocenters. The van der Waals surface area contributed by atoms with Gasteiger partial charge in [0.2, 0.25) is 5.91 Å². The van der Waals surface area contributed by atoms with Gasteiger partial charge in [0.1, 0.15) is 12.1 Å². The largest absolute Gasteiger partial charge is 0.390 e. The Balaban J connectivity index is 1.41. The lowest BCUT2D eigenvalue weighted by Crippen LogP contribution is -2.54. The molecule has 3 fully saturated rings. The molecule has 0 radical (unpaired) electrons. The Labute approximate surface area is 162 Å². The van der Waals surface area contributed by atoms with Crippen LogP contribution in [0.2, 0.25) is 0 Å². The second kappa shape index (κ2) is 6.40. The highest BCUT2D eigenvalue weighted by Gasteiger charge is 2.39. The van der Waals surface area contributed by atoms with Gasteiger partial charge in [0.15, 0.2) is 5.82 Å². The number of hydrogen-bond donors (Lipinski definition) is 2. The number of fused-ring (bicyclic) bond motifs is 1. The van der Waals surface area contributed by atoms with Gasteiger partial charge in [-0.3, -0.25) is 9.59 Å². The Morgan fingerprint density at radius 1 is 1.29 bits per heavy atom. The summed E-state index contributed by atoms with van der Waals surface area (Å²) in [7, 11) is 0. The summed E-state index contributed by atoms with van der Waals surface area (Å²) in [5.74, 6) is 1.57. The van der Waals surface area contributed by atoms with Crippen LogP contribution in [0.5, 0.6) is 0 Å². The third kappa shape index (κ3) is 3.34. The lowest BCUT2D eigenvalue weighted by Gasteiger charge is -2.41. The minimum atomic E-state index is -0.696. The molecule has 150 valence electrons. The fourth-order valence-corrected chi connectivity index (χ4v) is 4.39. The number of amides is 1. The van der Waals surface area contributed by atoms with Crippen LogP contribution in [-0.2, 0) is 17.8 Å². The predicted molar refractivity (Wildman–Crippen MR) is 102 cm³/mol. The standard InChI is InChI=1S/C20H27N5O3/c1-20(28)9-14(10-20)21-18(26)11-24-19(27)16-8-15(13-5-6-13)22-25(16)17(23-24)7-12-3-2-4-12/h8,12-14,28H,2-7,9-11H2,1H3,(H,21,26). The molecule has 2 aromatic heterocycles. The van der Waals surface area contributed by atoms with Gasteiger partial charge in [-0.1, -0.05) is 19.3 Å². The molecule has 2 N–H and O–H groups in total. The van der Waals surface area contributed by atoms with Crippen molar-refractivity contribution >= 4 is 11.4 Å². The highest BCUT2D eigenvalue weighted by Crippen LogP contribution is 2.39. The first-order chi connectivity index (χ1) is 13.4. The number of carbonyl (C=O) groups is 1. The molecule has 8 heteroatoms. The van der Waals surface area contributed by atoms with Gasteiger partial charge in [0.25, 0.3) is 5.56 Å². The molecule has 5 rings (SSSR count). The van der Waals surface area contributed by atoms with Crippen molar-refractivity contribution in [2.45, 2.75) is 82.4 Å². The molecule has 2 aromatic rings. The second-order valence-corrected chi connectivity index (χ2v) is 9.19. The van der Waals surface area contributed by atoms with E-state index < -0.39 is 5.60 Å². The molecular formula is C20H27N5O3. The van der Waals surface area contributed by atoms with Crippen LogP contribution in [0, 0.1) is 5.92 Å². The maximum absolute atomic E-state index is 12.9. The molecule has 3 aliphatic rings. The van der Waals surface area contributed by atoms with Crippen LogP contribution in [0.3, 0.4) is 0 Å². The van der Waals surface area contributed by atoms with Gasteiger partial charge in [0.05, 0.1) is 11.3 Å². The van der Waals surface area contributed by atoms with Crippen molar-refractivity contribution in [1.29, 1.82) is 0 Å². The first kappa shape index (κ1) is 17.8. The minimum absolute atomic E-state index is 0.0344. The second-order valence-electron chi connectivity index (χ2n) is 9.19. The van der Waals surface area contributed by atoms with Crippen LogP contribution in [0.25, 0.3) is 5.52 Å². The molecule has 0 saturated heterocycles. The summed E-state index contributed by atoms with van der Waals surface area (Å²) in [4.78, 5) is 25.4. The third-order valence-electron chi connectivity index (χ3n) is 6.38. The van der Waals surface area contributed by atoms with Crippen molar-refractivity contribution in [2.24, 2.45) is 5.92 Å². The monoisotopic (exact) mass is 385 g/mol. The van der Waals surface area contributed by atoms with E-state index in [0.717, 1.165) is 30.8 Å². The normalized spacial score (nSPS) is 27.4. The molecule has 1 amide bonds. The highest BCUT2D eigenvalue weighted by atomic mass is 16.3. The molecule has 0 aliphatic heterocycles. The number of carbonyl (C=O) groups excluding carboxylic acids is 1. The number of aromatic nitrogens is 4. The van der Waals surface area contributed by atoms with E-state index in [0.29, 0.717) is 30.2 Å². The van der Waals surface area contributed by atoms with Crippen molar-refractivity contribution in [1.82, 2.24) is 24.7 Å². The van der Waals surface area contributed by atoms with E-state index in [4.69, 9.17) is 0 Å². The molecule has 3 aliphatic carbocycles. The first-order valence-electron chi connectivity index (χ1n) is 10.4. The minimum Gasteiger partial charge on any atom is -0.390 e. The van der Waals surface area contributed by atoms with Crippen LogP contribution in [-0.4, -0.2) is 42.1 Å². The lowest BCUT2D eigenvalue weighted by molar-refractivity contribution is -0.125. The maximum Gasteiger partial charge on any atom is 0.293 e. The fourth-order valence-electron chi connectivity index (χ4n) is 4.39. The Morgan fingerprint density at radius 2 is 2.04 bits per heavy atom. The van der Waals surface area contributed by atoms with E-state index in [1.165, 1.54) is 23.9 Å². The quantitative estimate of drug-likeness (QED) is 0.776. The number of aliphatic hydroxyl groups is 1. The fraction of sp³-hybridized carbons (Fsp3) is 0.700. The number of hydrogen-bond acceptors (Lipinski definition) is 5. The van der Waals surface area contributed by atoms with Gasteiger partial charge in [-0.05, 0) is 44.6 Å². The Hall–Kier alpha value is -2.22. The summed E-state index contributed by atoms with van der Waals surface area (Å²) in [6.07, 6.45) is 7.72. The van der Waals surface area contributed by atoms with E-state index in [1.54, 1.807) is 11.4 Å². The zero-order valence-electron chi connectivity index (χ0n) is 16.2. The molecule has 0 unspecified atom stereocenters. The summed E-state index contributed by atoms with van der Waals surface area (Å²) in [6.45, 7) is 1.66. The highest BCUT2D eigenvalue weighted by molar-refractivity contribution is 5.76. The molecule has 8 nitrogen and oxygen atoms in total. The van der Waals surface area contributed by atoms with Crippen LogP contribution in [0.4, 0.5) is 0 Å². The van der Waals surface area contributed by atoms with E-state index in [-0.39, 0.29) is 24.1 Å². The van der Waals surface area contributed by atoms with Crippen LogP contribution in [0.15, 0.2) is 10.9 Å². The van der Waals surface area contributed by atoms with Crippen LogP contribution < -0.4 is 10.9 Å². The molecule has 0 aromatic carbocycles. The number of rotatable bonds is 6. The molecule has 0 bridgehead atoms. The zero-order valence-corrected chi connectivity index (χ0v) is 16.2. The van der Waals surface area contributed by atoms with Gasteiger partial charge < -0.3 is 10.4 Å². The van der Waals surface area contributed by atoms with Gasteiger partial charge in [0, 0.05) is 18.4 Å². The Morgan fingerprint density at radius 3 is 2.64 bits per heavy atom. The number of nitrogens with zero attached hydrogens (tertiary/aromatic N) is 4. The van der Waals surface area contributed by atoms with Crippen molar-refractivity contribution < 1.29 is 9.90 Å². The summed E-state index contributed by atoms with van der Waals surface area (Å²) >= 11 is 0. The number of nitrogens with one attached hydrogen (secondary N) is 1. The van der Waals surface area contributed by atoms with Crippen molar-refractivity contribution in [2.75, 3.05) is 0 Å². The van der Waals surface area contributed by atoms with Crippen molar-refractivity contribution in [3.63, 3.8) is 0 Å². The predicted octanol–water partition coefficient (Wildman–Crippen LogP) is 1.14. The zero-order chi connectivity index (χ0) is 19.5. The van der Waals surface area contributed by atoms with Gasteiger partial charge in [-0.15, -0.1) is 0 Å². The average Bonchev–Trinajstić information content (AvgIpc) is 3.31. The van der Waals surface area contributed by atoms with E-state index >= 15 is 0 Å². The average molecular weight is 385 g/mol. The maximum atomic E-state index is 12.9. The van der Waals surface area contributed by atoms with E-state index in [2.05, 4.69) is 15.5 Å². The molecule has 0 spiro atoms. The Kier molecular flexibility index (Phi) is 4.08. The topological polar surface area (TPSA) is 102 Å². The van der Waals surface area contributed by atoms with Crippen LogP contribution >= 0.6 is 0 Å². The third-order valence-corrected chi connectivity index (χ3v) is 6.38.